The molecule has 3 aromatic rings. The molecule has 7 heteroatoms. The van der Waals surface area contributed by atoms with Gasteiger partial charge in [0.15, 0.2) is 5.82 Å². The second kappa shape index (κ2) is 10.8. The lowest BCUT2D eigenvalue weighted by Gasteiger charge is -2.27. The highest BCUT2D eigenvalue weighted by Crippen LogP contribution is 2.34. The van der Waals surface area contributed by atoms with Gasteiger partial charge in [-0.1, -0.05) is 42.5 Å². The molecule has 2 aliphatic heterocycles. The van der Waals surface area contributed by atoms with E-state index in [4.69, 9.17) is 14.5 Å². The minimum atomic E-state index is -0.0700. The molecule has 1 aromatic heterocycles. The van der Waals surface area contributed by atoms with Crippen LogP contribution in [0.5, 0.6) is 5.75 Å². The van der Waals surface area contributed by atoms with Crippen LogP contribution in [-0.2, 0) is 4.74 Å². The summed E-state index contributed by atoms with van der Waals surface area (Å²) in [6.45, 7) is 5.44. The summed E-state index contributed by atoms with van der Waals surface area (Å²) in [5.41, 5.74) is 2.46. The Morgan fingerprint density at radius 1 is 1.00 bits per heavy atom. The number of nitrogens with zero attached hydrogens (tertiary/aromatic N) is 4. The summed E-state index contributed by atoms with van der Waals surface area (Å²) in [4.78, 5) is 27.2. The van der Waals surface area contributed by atoms with Crippen molar-refractivity contribution in [3.63, 3.8) is 0 Å². The number of amides is 1. The van der Waals surface area contributed by atoms with E-state index < -0.39 is 0 Å². The van der Waals surface area contributed by atoms with E-state index in [0.29, 0.717) is 30.3 Å². The third-order valence-corrected chi connectivity index (χ3v) is 6.45. The number of aromatic nitrogens is 2. The van der Waals surface area contributed by atoms with Crippen LogP contribution in [0.25, 0.3) is 11.4 Å². The van der Waals surface area contributed by atoms with Crippen molar-refractivity contribution in [2.75, 3.05) is 46.0 Å². The lowest BCUT2D eigenvalue weighted by molar-refractivity contribution is 0.0321. The van der Waals surface area contributed by atoms with E-state index in [1.54, 1.807) is 6.20 Å². The predicted molar refractivity (Wildman–Crippen MR) is 130 cm³/mol. The van der Waals surface area contributed by atoms with Gasteiger partial charge in [-0.2, -0.15) is 0 Å². The van der Waals surface area contributed by atoms with Crippen molar-refractivity contribution in [3.05, 3.63) is 78.1 Å². The van der Waals surface area contributed by atoms with Crippen molar-refractivity contribution in [2.45, 2.75) is 18.9 Å². The smallest absolute Gasteiger partial charge is 0.258 e. The molecule has 34 heavy (non-hydrogen) atoms. The van der Waals surface area contributed by atoms with Crippen LogP contribution in [-0.4, -0.2) is 71.7 Å². The van der Waals surface area contributed by atoms with Crippen LogP contribution in [0.3, 0.4) is 0 Å². The number of hydrogen-bond acceptors (Lipinski definition) is 6. The summed E-state index contributed by atoms with van der Waals surface area (Å²) in [5, 5.41) is 0. The van der Waals surface area contributed by atoms with Gasteiger partial charge in [-0.05, 0) is 31.0 Å². The first-order valence-corrected chi connectivity index (χ1v) is 12.0. The summed E-state index contributed by atoms with van der Waals surface area (Å²) in [7, 11) is 0. The Balaban J connectivity index is 1.31. The summed E-state index contributed by atoms with van der Waals surface area (Å²) < 4.78 is 11.5. The zero-order chi connectivity index (χ0) is 23.2. The van der Waals surface area contributed by atoms with Gasteiger partial charge in [0.2, 0.25) is 0 Å². The Hall–Kier alpha value is -3.29. The van der Waals surface area contributed by atoms with Crippen molar-refractivity contribution in [1.29, 1.82) is 0 Å². The number of carbonyl (C=O) groups excluding carboxylic acids is 1. The summed E-state index contributed by atoms with van der Waals surface area (Å²) in [5.74, 6) is 1.31. The number of ether oxygens (including phenoxy) is 2. The first-order chi connectivity index (χ1) is 16.8. The highest BCUT2D eigenvalue weighted by molar-refractivity contribution is 5.97. The monoisotopic (exact) mass is 458 g/mol. The third kappa shape index (κ3) is 5.11. The molecule has 2 fully saturated rings. The lowest BCUT2D eigenvalue weighted by atomic mass is 10.1. The highest BCUT2D eigenvalue weighted by Gasteiger charge is 2.33. The minimum Gasteiger partial charge on any atom is -0.491 e. The molecule has 5 rings (SSSR count). The van der Waals surface area contributed by atoms with Crippen LogP contribution >= 0.6 is 0 Å². The molecule has 2 aromatic carbocycles. The zero-order valence-electron chi connectivity index (χ0n) is 19.3. The van der Waals surface area contributed by atoms with Crippen LogP contribution in [0.1, 0.15) is 34.9 Å². The van der Waals surface area contributed by atoms with E-state index in [2.05, 4.69) is 9.88 Å². The fourth-order valence-electron chi connectivity index (χ4n) is 4.64. The molecule has 0 spiro atoms. The number of rotatable bonds is 7. The van der Waals surface area contributed by atoms with Gasteiger partial charge in [0.05, 0.1) is 30.5 Å². The molecule has 0 N–H and O–H groups in total. The maximum atomic E-state index is 13.6. The molecular formula is C27H30N4O3. The van der Waals surface area contributed by atoms with Gasteiger partial charge < -0.3 is 14.4 Å². The van der Waals surface area contributed by atoms with E-state index in [9.17, 15) is 4.79 Å². The average Bonchev–Trinajstić information content (AvgIpc) is 3.40. The Morgan fingerprint density at radius 3 is 2.65 bits per heavy atom. The zero-order valence-corrected chi connectivity index (χ0v) is 19.3. The number of carbonyl (C=O) groups is 1. The van der Waals surface area contributed by atoms with Crippen molar-refractivity contribution in [2.24, 2.45) is 0 Å². The Morgan fingerprint density at radius 2 is 1.79 bits per heavy atom. The second-order valence-electron chi connectivity index (χ2n) is 8.63. The highest BCUT2D eigenvalue weighted by atomic mass is 16.5. The molecule has 1 amide bonds. The van der Waals surface area contributed by atoms with Gasteiger partial charge in [0.1, 0.15) is 12.4 Å². The Bertz CT molecular complexity index is 1100. The van der Waals surface area contributed by atoms with Crippen LogP contribution < -0.4 is 4.74 Å². The van der Waals surface area contributed by atoms with Gasteiger partial charge in [-0.15, -0.1) is 0 Å². The molecule has 176 valence electrons. The van der Waals surface area contributed by atoms with Crippen LogP contribution in [0, 0.1) is 0 Å². The van der Waals surface area contributed by atoms with Crippen molar-refractivity contribution >= 4 is 5.91 Å². The molecule has 3 heterocycles. The van der Waals surface area contributed by atoms with Crippen LogP contribution in [0.2, 0.25) is 0 Å². The number of likely N-dealkylation sites (tertiary alicyclic amines) is 1. The molecule has 0 radical (unpaired) electrons. The number of para-hydroxylation sites is 1. The topological polar surface area (TPSA) is 67.8 Å². The molecule has 1 atom stereocenters. The van der Waals surface area contributed by atoms with Crippen LogP contribution in [0.15, 0.2) is 66.9 Å². The van der Waals surface area contributed by atoms with Crippen molar-refractivity contribution in [3.8, 4) is 17.1 Å². The van der Waals surface area contributed by atoms with E-state index in [-0.39, 0.29) is 11.9 Å². The minimum absolute atomic E-state index is 0.00986. The van der Waals surface area contributed by atoms with Gasteiger partial charge in [0, 0.05) is 37.9 Å². The fourth-order valence-corrected chi connectivity index (χ4v) is 4.64. The molecule has 0 unspecified atom stereocenters. The SMILES string of the molecule is O=C(c1ccccc1OCCN1CCOCC1)N1CCC[C@H]1c1ccnc(-c2ccccc2)n1. The molecule has 0 bridgehead atoms. The van der Waals surface area contributed by atoms with Crippen molar-refractivity contribution < 1.29 is 14.3 Å². The largest absolute Gasteiger partial charge is 0.491 e. The lowest BCUT2D eigenvalue weighted by Crippen LogP contribution is -2.38. The predicted octanol–water partition coefficient (Wildman–Crippen LogP) is 3.83. The quantitative estimate of drug-likeness (QED) is 0.536. The van der Waals surface area contributed by atoms with E-state index in [1.165, 1.54) is 0 Å². The molecular weight excluding hydrogens is 428 g/mol. The Kier molecular flexibility index (Phi) is 7.12. The maximum Gasteiger partial charge on any atom is 0.258 e. The average molecular weight is 459 g/mol. The van der Waals surface area contributed by atoms with Gasteiger partial charge in [-0.3, -0.25) is 9.69 Å². The van der Waals surface area contributed by atoms with Gasteiger partial charge in [0.25, 0.3) is 5.91 Å². The number of hydrogen-bond donors (Lipinski definition) is 0. The summed E-state index contributed by atoms with van der Waals surface area (Å²) in [6.07, 6.45) is 3.62. The standard InChI is InChI=1S/C27H30N4O3/c32-27(22-9-4-5-11-25(22)34-20-17-30-15-18-33-19-16-30)31-14-6-10-24(31)23-12-13-28-26(29-23)21-7-2-1-3-8-21/h1-5,7-9,11-13,24H,6,10,14-20H2/t24-/m0/s1. The number of morpholine rings is 1. The first kappa shape index (κ1) is 22.5. The Labute approximate surface area is 200 Å². The molecule has 7 nitrogen and oxygen atoms in total. The van der Waals surface area contributed by atoms with E-state index in [1.807, 2.05) is 65.6 Å². The molecule has 2 aliphatic rings. The normalized spacial score (nSPS) is 18.7. The maximum absolute atomic E-state index is 13.6. The number of benzene rings is 2. The van der Waals surface area contributed by atoms with E-state index in [0.717, 1.165) is 56.9 Å². The van der Waals surface area contributed by atoms with Gasteiger partial charge >= 0.3 is 0 Å². The molecule has 0 saturated carbocycles. The molecule has 2 saturated heterocycles. The third-order valence-electron chi connectivity index (χ3n) is 6.45. The second-order valence-corrected chi connectivity index (χ2v) is 8.63. The summed E-state index contributed by atoms with van der Waals surface area (Å²) in [6, 6.07) is 19.3. The van der Waals surface area contributed by atoms with E-state index >= 15 is 0 Å². The summed E-state index contributed by atoms with van der Waals surface area (Å²) >= 11 is 0. The van der Waals surface area contributed by atoms with Crippen molar-refractivity contribution in [1.82, 2.24) is 19.8 Å². The van der Waals surface area contributed by atoms with Crippen LogP contribution in [0.4, 0.5) is 0 Å². The van der Waals surface area contributed by atoms with Gasteiger partial charge in [-0.25, -0.2) is 9.97 Å². The fraction of sp³-hybridized carbons (Fsp3) is 0.370. The first-order valence-electron chi connectivity index (χ1n) is 12.0. The molecule has 0 aliphatic carbocycles.